The maximum absolute atomic E-state index is 11.7. The summed E-state index contributed by atoms with van der Waals surface area (Å²) >= 11 is 0. The van der Waals surface area contributed by atoms with Crippen molar-refractivity contribution in [2.45, 2.75) is 13.3 Å². The van der Waals surface area contributed by atoms with Gasteiger partial charge in [-0.1, -0.05) is 13.0 Å². The zero-order valence-electron chi connectivity index (χ0n) is 9.40. The Balaban J connectivity index is 2.21. The minimum atomic E-state index is -0.328. The molecule has 1 aromatic heterocycles. The molecule has 17 heavy (non-hydrogen) atoms. The Morgan fingerprint density at radius 2 is 2.29 bits per heavy atom. The number of aromatic amines is 1. The van der Waals surface area contributed by atoms with Crippen LogP contribution in [0.1, 0.15) is 23.0 Å². The summed E-state index contributed by atoms with van der Waals surface area (Å²) < 4.78 is 0. The number of anilines is 1. The molecule has 0 saturated heterocycles. The second-order valence-electron chi connectivity index (χ2n) is 3.63. The molecule has 2 rings (SSSR count). The van der Waals surface area contributed by atoms with Crippen LogP contribution in [-0.4, -0.2) is 21.2 Å². The van der Waals surface area contributed by atoms with Crippen molar-refractivity contribution in [2.75, 3.05) is 5.32 Å². The van der Waals surface area contributed by atoms with Crippen molar-refractivity contribution in [1.82, 2.24) is 10.2 Å². The van der Waals surface area contributed by atoms with Crippen molar-refractivity contribution in [2.24, 2.45) is 0 Å². The van der Waals surface area contributed by atoms with E-state index in [0.29, 0.717) is 11.4 Å². The average Bonchev–Trinajstić information content (AvgIpc) is 2.85. The lowest BCUT2D eigenvalue weighted by molar-refractivity contribution is 0.102. The normalized spacial score (nSPS) is 10.2. The van der Waals surface area contributed by atoms with E-state index in [0.717, 1.165) is 12.0 Å². The van der Waals surface area contributed by atoms with Crippen LogP contribution in [0.25, 0.3) is 0 Å². The van der Waals surface area contributed by atoms with Crippen LogP contribution >= 0.6 is 0 Å². The van der Waals surface area contributed by atoms with Gasteiger partial charge < -0.3 is 10.4 Å². The lowest BCUT2D eigenvalue weighted by Gasteiger charge is -2.07. The number of hydrogen-bond acceptors (Lipinski definition) is 3. The number of benzene rings is 1. The average molecular weight is 231 g/mol. The lowest BCUT2D eigenvalue weighted by Crippen LogP contribution is -2.12. The van der Waals surface area contributed by atoms with Gasteiger partial charge in [-0.3, -0.25) is 9.89 Å². The van der Waals surface area contributed by atoms with Gasteiger partial charge in [0.05, 0.1) is 5.69 Å². The summed E-state index contributed by atoms with van der Waals surface area (Å²) in [6.07, 6.45) is 2.34. The zero-order valence-corrected chi connectivity index (χ0v) is 9.40. The molecule has 0 bridgehead atoms. The molecule has 0 aliphatic heterocycles. The van der Waals surface area contributed by atoms with Gasteiger partial charge in [0.25, 0.3) is 5.91 Å². The SMILES string of the molecule is CCc1ccc(O)c(NC(=O)c2ccn[nH]2)c1. The topological polar surface area (TPSA) is 78.0 Å². The second kappa shape index (κ2) is 4.69. The fraction of sp³-hybridized carbons (Fsp3) is 0.167. The van der Waals surface area contributed by atoms with Crippen LogP contribution in [0.15, 0.2) is 30.5 Å². The zero-order chi connectivity index (χ0) is 12.3. The summed E-state index contributed by atoms with van der Waals surface area (Å²) in [6, 6.07) is 6.71. The lowest BCUT2D eigenvalue weighted by atomic mass is 10.1. The fourth-order valence-corrected chi connectivity index (χ4v) is 1.48. The molecule has 0 spiro atoms. The van der Waals surface area contributed by atoms with E-state index >= 15 is 0 Å². The summed E-state index contributed by atoms with van der Waals surface area (Å²) in [5.74, 6) is -0.277. The highest BCUT2D eigenvalue weighted by Gasteiger charge is 2.10. The van der Waals surface area contributed by atoms with Crippen molar-refractivity contribution in [1.29, 1.82) is 0 Å². The minimum absolute atomic E-state index is 0.0510. The van der Waals surface area contributed by atoms with Gasteiger partial charge in [-0.15, -0.1) is 0 Å². The predicted molar refractivity (Wildman–Crippen MR) is 64.0 cm³/mol. The van der Waals surface area contributed by atoms with Crippen LogP contribution in [0.5, 0.6) is 5.75 Å². The van der Waals surface area contributed by atoms with Crippen molar-refractivity contribution in [3.05, 3.63) is 41.7 Å². The number of hydrogen-bond donors (Lipinski definition) is 3. The molecule has 1 heterocycles. The van der Waals surface area contributed by atoms with E-state index in [1.807, 2.05) is 13.0 Å². The maximum atomic E-state index is 11.7. The molecule has 0 radical (unpaired) electrons. The van der Waals surface area contributed by atoms with E-state index in [1.54, 1.807) is 18.2 Å². The number of amides is 1. The second-order valence-corrected chi connectivity index (χ2v) is 3.63. The molecule has 5 nitrogen and oxygen atoms in total. The van der Waals surface area contributed by atoms with E-state index in [-0.39, 0.29) is 11.7 Å². The Morgan fingerprint density at radius 3 is 2.94 bits per heavy atom. The first-order valence-corrected chi connectivity index (χ1v) is 5.33. The molecule has 0 fully saturated rings. The highest BCUT2D eigenvalue weighted by atomic mass is 16.3. The van der Waals surface area contributed by atoms with Crippen LogP contribution in [0.4, 0.5) is 5.69 Å². The molecule has 5 heteroatoms. The van der Waals surface area contributed by atoms with E-state index in [9.17, 15) is 9.90 Å². The van der Waals surface area contributed by atoms with Gasteiger partial charge in [-0.05, 0) is 30.2 Å². The Bertz CT molecular complexity index is 521. The molecule has 1 aromatic carbocycles. The van der Waals surface area contributed by atoms with Crippen molar-refractivity contribution in [3.8, 4) is 5.75 Å². The fourth-order valence-electron chi connectivity index (χ4n) is 1.48. The number of aryl methyl sites for hydroxylation is 1. The summed E-state index contributed by atoms with van der Waals surface area (Å²) in [5.41, 5.74) is 1.80. The van der Waals surface area contributed by atoms with Gasteiger partial charge in [-0.25, -0.2) is 0 Å². The Hall–Kier alpha value is -2.30. The molecule has 0 unspecified atom stereocenters. The van der Waals surface area contributed by atoms with Gasteiger partial charge in [-0.2, -0.15) is 5.10 Å². The number of aromatic hydroxyl groups is 1. The first kappa shape index (κ1) is 11.2. The molecular formula is C12H13N3O2. The van der Waals surface area contributed by atoms with E-state index < -0.39 is 0 Å². The number of phenolic OH excluding ortho intramolecular Hbond substituents is 1. The summed E-state index contributed by atoms with van der Waals surface area (Å²) in [4.78, 5) is 11.7. The van der Waals surface area contributed by atoms with Crippen LogP contribution in [-0.2, 0) is 6.42 Å². The standard InChI is InChI=1S/C12H13N3O2/c1-2-8-3-4-11(16)10(7-8)14-12(17)9-5-6-13-15-9/h3-7,16H,2H2,1H3,(H,13,15)(H,14,17). The van der Waals surface area contributed by atoms with Gasteiger partial charge in [0.1, 0.15) is 11.4 Å². The van der Waals surface area contributed by atoms with Gasteiger partial charge in [0.15, 0.2) is 0 Å². The molecule has 0 aliphatic carbocycles. The maximum Gasteiger partial charge on any atom is 0.273 e. The summed E-state index contributed by atoms with van der Waals surface area (Å²) in [7, 11) is 0. The van der Waals surface area contributed by atoms with Crippen LogP contribution in [0.3, 0.4) is 0 Å². The van der Waals surface area contributed by atoms with Crippen LogP contribution in [0, 0.1) is 0 Å². The highest BCUT2D eigenvalue weighted by Crippen LogP contribution is 2.24. The largest absolute Gasteiger partial charge is 0.506 e. The van der Waals surface area contributed by atoms with Crippen LogP contribution in [0.2, 0.25) is 0 Å². The van der Waals surface area contributed by atoms with E-state index in [1.165, 1.54) is 6.20 Å². The predicted octanol–water partition coefficient (Wildman–Crippen LogP) is 1.93. The number of aromatic nitrogens is 2. The molecule has 3 N–H and O–H groups in total. The number of H-pyrrole nitrogens is 1. The van der Waals surface area contributed by atoms with Crippen LogP contribution < -0.4 is 5.32 Å². The molecule has 0 saturated carbocycles. The van der Waals surface area contributed by atoms with Crippen molar-refractivity contribution >= 4 is 11.6 Å². The molecule has 1 amide bonds. The van der Waals surface area contributed by atoms with Gasteiger partial charge >= 0.3 is 0 Å². The third-order valence-corrected chi connectivity index (χ3v) is 2.46. The molecule has 88 valence electrons. The minimum Gasteiger partial charge on any atom is -0.506 e. The number of carbonyl (C=O) groups is 1. The Kier molecular flexibility index (Phi) is 3.09. The number of nitrogens with one attached hydrogen (secondary N) is 2. The monoisotopic (exact) mass is 231 g/mol. The van der Waals surface area contributed by atoms with Crippen molar-refractivity contribution < 1.29 is 9.90 Å². The molecular weight excluding hydrogens is 218 g/mol. The third-order valence-electron chi connectivity index (χ3n) is 2.46. The summed E-state index contributed by atoms with van der Waals surface area (Å²) in [5, 5.41) is 18.5. The third kappa shape index (κ3) is 2.44. The molecule has 0 atom stereocenters. The number of nitrogens with zero attached hydrogens (tertiary/aromatic N) is 1. The Morgan fingerprint density at radius 1 is 1.47 bits per heavy atom. The summed E-state index contributed by atoms with van der Waals surface area (Å²) in [6.45, 7) is 2.01. The first-order valence-electron chi connectivity index (χ1n) is 5.33. The number of rotatable bonds is 3. The van der Waals surface area contributed by atoms with E-state index in [4.69, 9.17) is 0 Å². The molecule has 0 aliphatic rings. The quantitative estimate of drug-likeness (QED) is 0.706. The first-order chi connectivity index (χ1) is 8.20. The Labute approximate surface area is 98.5 Å². The number of phenols is 1. The van der Waals surface area contributed by atoms with Crippen molar-refractivity contribution in [3.63, 3.8) is 0 Å². The number of carbonyl (C=O) groups excluding carboxylic acids is 1. The van der Waals surface area contributed by atoms with Gasteiger partial charge in [0, 0.05) is 6.20 Å². The van der Waals surface area contributed by atoms with Gasteiger partial charge in [0.2, 0.25) is 0 Å². The van der Waals surface area contributed by atoms with E-state index in [2.05, 4.69) is 15.5 Å². The smallest absolute Gasteiger partial charge is 0.273 e. The highest BCUT2D eigenvalue weighted by molar-refractivity contribution is 6.03. The molecule has 2 aromatic rings.